The summed E-state index contributed by atoms with van der Waals surface area (Å²) in [6.45, 7) is 2.18. The van der Waals surface area contributed by atoms with E-state index < -0.39 is 5.41 Å². The molecule has 0 amide bonds. The smallest absolute Gasteiger partial charge is 0.184 e. The fourth-order valence-electron chi connectivity index (χ4n) is 3.23. The van der Waals surface area contributed by atoms with Gasteiger partial charge in [0.25, 0.3) is 0 Å². The fraction of sp³-hybridized carbons (Fsp3) is 0.571. The van der Waals surface area contributed by atoms with Crippen molar-refractivity contribution >= 4 is 12.0 Å². The Bertz CT molecular complexity index is 441. The highest BCUT2D eigenvalue weighted by molar-refractivity contribution is 6.30. The monoisotopic (exact) mass is 231 g/mol. The molecule has 1 atom stereocenters. The Balaban J connectivity index is 2.04. The summed E-state index contributed by atoms with van der Waals surface area (Å²) in [4.78, 5) is 12.0. The molecular weight excluding hydrogens is 214 g/mol. The van der Waals surface area contributed by atoms with Crippen LogP contribution in [0.25, 0.3) is 0 Å². The average Bonchev–Trinajstić information content (AvgIpc) is 2.46. The second kappa shape index (κ2) is 3.56. The summed E-state index contributed by atoms with van der Waals surface area (Å²) in [5.74, 6) is 1.36. The van der Waals surface area contributed by atoms with E-state index in [0.717, 1.165) is 43.2 Å². The topological polar surface area (TPSA) is 50.2 Å². The molecule has 17 heavy (non-hydrogen) atoms. The maximum absolute atomic E-state index is 12.0. The van der Waals surface area contributed by atoms with Gasteiger partial charge in [0.15, 0.2) is 5.78 Å². The van der Waals surface area contributed by atoms with Crippen molar-refractivity contribution in [2.45, 2.75) is 38.7 Å². The number of Topliss-reactive ketones (excluding diaryl/α,β-unsaturated/α-hetero) is 1. The molecule has 4 aliphatic rings. The Labute approximate surface area is 101 Å². The van der Waals surface area contributed by atoms with E-state index in [0.29, 0.717) is 5.92 Å². The van der Waals surface area contributed by atoms with Crippen molar-refractivity contribution in [1.29, 1.82) is 5.41 Å². The molecule has 0 aromatic heterocycles. The van der Waals surface area contributed by atoms with Crippen LogP contribution in [0.1, 0.15) is 32.6 Å². The predicted molar refractivity (Wildman–Crippen MR) is 64.9 cm³/mol. The van der Waals surface area contributed by atoms with Crippen molar-refractivity contribution in [1.82, 2.24) is 0 Å². The third-order valence-corrected chi connectivity index (χ3v) is 4.24. The first-order valence-electron chi connectivity index (χ1n) is 6.30. The summed E-state index contributed by atoms with van der Waals surface area (Å²) in [5.41, 5.74) is 0.637. The Morgan fingerprint density at radius 3 is 3.06 bits per heavy atom. The Hall–Kier alpha value is -1.38. The normalized spacial score (nSPS) is 38.6. The molecule has 0 aromatic rings. The average molecular weight is 231 g/mol. The van der Waals surface area contributed by atoms with E-state index in [4.69, 9.17) is 10.1 Å². The molecule has 0 radical (unpaired) electrons. The summed E-state index contributed by atoms with van der Waals surface area (Å²) in [6.07, 6.45) is 9.11. The summed E-state index contributed by atoms with van der Waals surface area (Å²) >= 11 is 0. The van der Waals surface area contributed by atoms with E-state index in [9.17, 15) is 4.79 Å². The number of ketones is 1. The second-order valence-corrected chi connectivity index (χ2v) is 5.44. The largest absolute Gasteiger partial charge is 0.490 e. The van der Waals surface area contributed by atoms with Gasteiger partial charge in [-0.1, -0.05) is 13.0 Å². The second-order valence-electron chi connectivity index (χ2n) is 5.44. The van der Waals surface area contributed by atoms with Gasteiger partial charge >= 0.3 is 0 Å². The van der Waals surface area contributed by atoms with Crippen molar-refractivity contribution in [2.75, 3.05) is 0 Å². The van der Waals surface area contributed by atoms with Gasteiger partial charge in [-0.3, -0.25) is 4.79 Å². The van der Waals surface area contributed by atoms with E-state index in [1.165, 1.54) is 0 Å². The van der Waals surface area contributed by atoms with E-state index >= 15 is 0 Å². The number of allylic oxidation sites excluding steroid dienone is 3. The van der Waals surface area contributed by atoms with Gasteiger partial charge in [-0.05, 0) is 24.8 Å². The van der Waals surface area contributed by atoms with E-state index in [1.54, 1.807) is 0 Å². The van der Waals surface area contributed by atoms with Crippen molar-refractivity contribution < 1.29 is 9.53 Å². The number of hydrogen-bond acceptors (Lipinski definition) is 3. The van der Waals surface area contributed by atoms with Crippen LogP contribution in [0, 0.1) is 16.7 Å². The molecule has 1 unspecified atom stereocenters. The minimum atomic E-state index is -0.416. The number of ether oxygens (including phenoxy) is 1. The van der Waals surface area contributed by atoms with Crippen LogP contribution in [0.3, 0.4) is 0 Å². The van der Waals surface area contributed by atoms with Crippen molar-refractivity contribution in [3.63, 3.8) is 0 Å². The first-order chi connectivity index (χ1) is 8.15. The van der Waals surface area contributed by atoms with Crippen LogP contribution in [0.4, 0.5) is 0 Å². The minimum absolute atomic E-state index is 0.0521. The molecule has 3 heteroatoms. The van der Waals surface area contributed by atoms with Crippen LogP contribution in [-0.4, -0.2) is 18.1 Å². The molecule has 2 saturated heterocycles. The number of hydrogen-bond donors (Lipinski definition) is 1. The molecule has 1 N–H and O–H groups in total. The summed E-state index contributed by atoms with van der Waals surface area (Å²) < 4.78 is 5.89. The molecule has 90 valence electrons. The molecule has 4 rings (SSSR count). The molecule has 3 fully saturated rings. The Morgan fingerprint density at radius 2 is 2.35 bits per heavy atom. The number of carbonyl (C=O) groups is 1. The highest BCUT2D eigenvalue weighted by atomic mass is 16.5. The maximum atomic E-state index is 12.0. The lowest BCUT2D eigenvalue weighted by Crippen LogP contribution is -2.54. The predicted octanol–water partition coefficient (Wildman–Crippen LogP) is 2.62. The van der Waals surface area contributed by atoms with Gasteiger partial charge < -0.3 is 10.1 Å². The molecule has 0 spiro atoms. The summed E-state index contributed by atoms with van der Waals surface area (Å²) in [5, 5.41) is 7.23. The van der Waals surface area contributed by atoms with Crippen molar-refractivity contribution in [3.05, 3.63) is 23.5 Å². The van der Waals surface area contributed by atoms with Gasteiger partial charge in [0.05, 0.1) is 11.6 Å². The zero-order chi connectivity index (χ0) is 12.0. The minimum Gasteiger partial charge on any atom is -0.490 e. The molecule has 1 saturated carbocycles. The van der Waals surface area contributed by atoms with Crippen LogP contribution >= 0.6 is 0 Å². The number of nitrogens with one attached hydrogen (secondary N) is 1. The lowest BCUT2D eigenvalue weighted by atomic mass is 9.57. The molecule has 3 nitrogen and oxygen atoms in total. The van der Waals surface area contributed by atoms with Gasteiger partial charge in [0.2, 0.25) is 0 Å². The van der Waals surface area contributed by atoms with Crippen LogP contribution in [0.15, 0.2) is 23.5 Å². The third kappa shape index (κ3) is 1.41. The van der Waals surface area contributed by atoms with E-state index in [-0.39, 0.29) is 11.9 Å². The zero-order valence-electron chi connectivity index (χ0n) is 10.0. The quantitative estimate of drug-likeness (QED) is 0.743. The van der Waals surface area contributed by atoms with Gasteiger partial charge in [-0.2, -0.15) is 0 Å². The molecule has 2 aliphatic carbocycles. The highest BCUT2D eigenvalue weighted by Gasteiger charge is 2.58. The number of rotatable bonds is 2. The zero-order valence-corrected chi connectivity index (χ0v) is 10.0. The molecule has 2 heterocycles. The first-order valence-corrected chi connectivity index (χ1v) is 6.30. The van der Waals surface area contributed by atoms with Gasteiger partial charge in [-0.15, -0.1) is 0 Å². The van der Waals surface area contributed by atoms with Crippen molar-refractivity contribution in [3.8, 4) is 0 Å². The Morgan fingerprint density at radius 1 is 1.59 bits per heavy atom. The molecule has 0 aromatic carbocycles. The van der Waals surface area contributed by atoms with Crippen LogP contribution in [0.2, 0.25) is 0 Å². The van der Waals surface area contributed by atoms with Crippen LogP contribution < -0.4 is 0 Å². The maximum Gasteiger partial charge on any atom is 0.184 e. The van der Waals surface area contributed by atoms with E-state index in [2.05, 4.69) is 19.1 Å². The fourth-order valence-corrected chi connectivity index (χ4v) is 3.23. The van der Waals surface area contributed by atoms with Crippen LogP contribution in [-0.2, 0) is 9.53 Å². The first kappa shape index (κ1) is 10.8. The van der Waals surface area contributed by atoms with Gasteiger partial charge in [-0.25, -0.2) is 0 Å². The highest BCUT2D eigenvalue weighted by Crippen LogP contribution is 2.57. The standard InChI is InChI=1S/C14H17NO2/c1-9-3-2-4-11-12(5-9)17-10-6-14(11,7-10)13(16)8-15/h4-5,8-10,15H,2-3,6-7H2,1H3. The van der Waals surface area contributed by atoms with E-state index in [1.807, 2.05) is 0 Å². The Kier molecular flexibility index (Phi) is 2.25. The summed E-state index contributed by atoms with van der Waals surface area (Å²) in [6, 6.07) is 0. The SMILES string of the molecule is CC1C=C2OC3CC(C(=O)C=N)(C3)C2=CCC1. The van der Waals surface area contributed by atoms with Crippen molar-refractivity contribution in [2.24, 2.45) is 11.3 Å². The van der Waals surface area contributed by atoms with Crippen LogP contribution in [0.5, 0.6) is 0 Å². The lowest BCUT2D eigenvalue weighted by Gasteiger charge is -2.52. The molecular formula is C14H17NO2. The van der Waals surface area contributed by atoms with Gasteiger partial charge in [0, 0.05) is 18.4 Å². The lowest BCUT2D eigenvalue weighted by molar-refractivity contribution is -0.137. The van der Waals surface area contributed by atoms with Gasteiger partial charge in [0.1, 0.15) is 11.9 Å². The third-order valence-electron chi connectivity index (χ3n) is 4.24. The number of carbonyl (C=O) groups excluding carboxylic acids is 1. The summed E-state index contributed by atoms with van der Waals surface area (Å²) in [7, 11) is 0. The molecule has 2 aliphatic heterocycles. The molecule has 2 bridgehead atoms.